The average molecular weight is 328 g/mol. The minimum atomic E-state index is -0.461. The molecular formula is C18H17FN2O3. The van der Waals surface area contributed by atoms with E-state index in [1.165, 1.54) is 12.1 Å². The molecule has 124 valence electrons. The number of carbonyl (C=O) groups is 2. The first-order chi connectivity index (χ1) is 11.5. The van der Waals surface area contributed by atoms with Gasteiger partial charge in [-0.25, -0.2) is 4.39 Å². The molecule has 1 heterocycles. The van der Waals surface area contributed by atoms with Gasteiger partial charge in [-0.3, -0.25) is 14.5 Å². The van der Waals surface area contributed by atoms with Gasteiger partial charge in [-0.1, -0.05) is 24.3 Å². The molecule has 0 saturated heterocycles. The summed E-state index contributed by atoms with van der Waals surface area (Å²) in [4.78, 5) is 25.8. The van der Waals surface area contributed by atoms with Crippen LogP contribution in [0.1, 0.15) is 33.2 Å². The zero-order chi connectivity index (χ0) is 17.3. The van der Waals surface area contributed by atoms with E-state index in [9.17, 15) is 19.2 Å². The second kappa shape index (κ2) is 6.51. The molecule has 0 unspecified atom stereocenters. The minimum Gasteiger partial charge on any atom is -0.313 e. The maximum atomic E-state index is 12.9. The van der Waals surface area contributed by atoms with Crippen LogP contribution >= 0.6 is 0 Å². The zero-order valence-electron chi connectivity index (χ0n) is 13.1. The lowest BCUT2D eigenvalue weighted by Crippen LogP contribution is -2.42. The van der Waals surface area contributed by atoms with Gasteiger partial charge in [0.1, 0.15) is 5.82 Å². The smallest absolute Gasteiger partial charge is 0.261 e. The Kier molecular flexibility index (Phi) is 4.42. The molecule has 1 atom stereocenters. The van der Waals surface area contributed by atoms with Crippen LogP contribution in [0.25, 0.3) is 0 Å². The third-order valence-corrected chi connectivity index (χ3v) is 4.09. The molecule has 0 spiro atoms. The number of hydroxylamine groups is 2. The summed E-state index contributed by atoms with van der Waals surface area (Å²) in [5, 5.41) is 11.2. The number of halogens is 1. The van der Waals surface area contributed by atoms with Gasteiger partial charge >= 0.3 is 0 Å². The predicted octanol–water partition coefficient (Wildman–Crippen LogP) is 2.70. The van der Waals surface area contributed by atoms with E-state index in [1.807, 2.05) is 0 Å². The second-order valence-electron chi connectivity index (χ2n) is 5.84. The number of imide groups is 1. The van der Waals surface area contributed by atoms with E-state index in [1.54, 1.807) is 43.3 Å². The van der Waals surface area contributed by atoms with Crippen molar-refractivity contribution in [3.05, 3.63) is 71.0 Å². The zero-order valence-corrected chi connectivity index (χ0v) is 13.1. The quantitative estimate of drug-likeness (QED) is 0.677. The number of hydrogen-bond donors (Lipinski definition) is 1. The van der Waals surface area contributed by atoms with Crippen LogP contribution in [0.4, 0.5) is 4.39 Å². The van der Waals surface area contributed by atoms with Gasteiger partial charge in [-0.05, 0) is 36.8 Å². The van der Waals surface area contributed by atoms with Gasteiger partial charge < -0.3 is 5.21 Å². The van der Waals surface area contributed by atoms with Gasteiger partial charge in [-0.15, -0.1) is 0 Å². The lowest BCUT2D eigenvalue weighted by molar-refractivity contribution is -0.132. The number of benzene rings is 2. The van der Waals surface area contributed by atoms with Gasteiger partial charge in [-0.2, -0.15) is 5.06 Å². The first kappa shape index (κ1) is 16.3. The molecule has 2 aromatic carbocycles. The van der Waals surface area contributed by atoms with E-state index in [0.717, 1.165) is 15.5 Å². The van der Waals surface area contributed by atoms with Crippen molar-refractivity contribution in [2.75, 3.05) is 6.54 Å². The van der Waals surface area contributed by atoms with Crippen LogP contribution in [0.2, 0.25) is 0 Å². The van der Waals surface area contributed by atoms with Crippen LogP contribution in [-0.4, -0.2) is 39.6 Å². The van der Waals surface area contributed by atoms with Crippen molar-refractivity contribution in [3.63, 3.8) is 0 Å². The summed E-state index contributed by atoms with van der Waals surface area (Å²) in [5.74, 6) is -1.04. The van der Waals surface area contributed by atoms with Crippen molar-refractivity contribution in [3.8, 4) is 0 Å². The molecule has 2 aromatic rings. The SMILES string of the molecule is C[C@@H](CN1C(=O)c2ccccc2C1=O)N(O)Cc1ccc(F)cc1. The van der Waals surface area contributed by atoms with E-state index < -0.39 is 6.04 Å². The van der Waals surface area contributed by atoms with Crippen molar-refractivity contribution in [2.24, 2.45) is 0 Å². The highest BCUT2D eigenvalue weighted by Gasteiger charge is 2.36. The minimum absolute atomic E-state index is 0.0735. The molecule has 6 heteroatoms. The normalized spacial score (nSPS) is 15.1. The van der Waals surface area contributed by atoms with Crippen molar-refractivity contribution in [2.45, 2.75) is 19.5 Å². The second-order valence-corrected chi connectivity index (χ2v) is 5.84. The molecule has 0 fully saturated rings. The van der Waals surface area contributed by atoms with Crippen LogP contribution in [-0.2, 0) is 6.54 Å². The fourth-order valence-corrected chi connectivity index (χ4v) is 2.70. The molecule has 2 amide bonds. The summed E-state index contributed by atoms with van der Waals surface area (Å²) < 4.78 is 12.9. The first-order valence-corrected chi connectivity index (χ1v) is 7.62. The molecule has 1 aliphatic heterocycles. The van der Waals surface area contributed by atoms with Crippen LogP contribution in [0.3, 0.4) is 0 Å². The van der Waals surface area contributed by atoms with Gasteiger partial charge in [0.05, 0.1) is 17.2 Å². The molecular weight excluding hydrogens is 311 g/mol. The summed E-state index contributed by atoms with van der Waals surface area (Å²) in [6.07, 6.45) is 0. The van der Waals surface area contributed by atoms with Crippen LogP contribution < -0.4 is 0 Å². The Balaban J connectivity index is 1.66. The van der Waals surface area contributed by atoms with Crippen molar-refractivity contribution < 1.29 is 19.2 Å². The molecule has 0 aromatic heterocycles. The molecule has 1 N–H and O–H groups in total. The van der Waals surface area contributed by atoms with Gasteiger partial charge in [0.2, 0.25) is 0 Å². The lowest BCUT2D eigenvalue weighted by Gasteiger charge is -2.26. The van der Waals surface area contributed by atoms with Crippen LogP contribution in [0.5, 0.6) is 0 Å². The molecule has 3 rings (SSSR count). The highest BCUT2D eigenvalue weighted by atomic mass is 19.1. The Hall–Kier alpha value is -2.57. The molecule has 5 nitrogen and oxygen atoms in total. The fourth-order valence-electron chi connectivity index (χ4n) is 2.70. The van der Waals surface area contributed by atoms with Gasteiger partial charge in [0, 0.05) is 13.1 Å². The Morgan fingerprint density at radius 3 is 2.12 bits per heavy atom. The maximum absolute atomic E-state index is 12.9. The molecule has 0 radical (unpaired) electrons. The summed E-state index contributed by atoms with van der Waals surface area (Å²) in [6.45, 7) is 1.96. The first-order valence-electron chi connectivity index (χ1n) is 7.62. The summed E-state index contributed by atoms with van der Waals surface area (Å²) in [7, 11) is 0. The third-order valence-electron chi connectivity index (χ3n) is 4.09. The lowest BCUT2D eigenvalue weighted by atomic mass is 10.1. The third kappa shape index (κ3) is 3.06. The highest BCUT2D eigenvalue weighted by molar-refractivity contribution is 6.21. The van der Waals surface area contributed by atoms with E-state index in [-0.39, 0.29) is 30.7 Å². The fraction of sp³-hybridized carbons (Fsp3) is 0.222. The standard InChI is InChI=1S/C18H17FN2O3/c1-12(21(24)11-13-6-8-14(19)9-7-13)10-20-17(22)15-4-2-3-5-16(15)18(20)23/h2-9,12,24H,10-11H2,1H3/t12-/m0/s1. The van der Waals surface area contributed by atoms with Crippen molar-refractivity contribution in [1.29, 1.82) is 0 Å². The Labute approximate surface area is 138 Å². The van der Waals surface area contributed by atoms with E-state index in [2.05, 4.69) is 0 Å². The van der Waals surface area contributed by atoms with Crippen LogP contribution in [0, 0.1) is 5.82 Å². The average Bonchev–Trinajstić information content (AvgIpc) is 2.82. The number of nitrogens with zero attached hydrogens (tertiary/aromatic N) is 2. The van der Waals surface area contributed by atoms with Crippen LogP contribution in [0.15, 0.2) is 48.5 Å². The van der Waals surface area contributed by atoms with E-state index in [0.29, 0.717) is 11.1 Å². The molecule has 0 bridgehead atoms. The molecule has 0 aliphatic carbocycles. The Morgan fingerprint density at radius 2 is 1.58 bits per heavy atom. The van der Waals surface area contributed by atoms with Crippen molar-refractivity contribution in [1.82, 2.24) is 9.96 Å². The number of hydrogen-bond acceptors (Lipinski definition) is 4. The number of carbonyl (C=O) groups excluding carboxylic acids is 2. The number of rotatable bonds is 5. The largest absolute Gasteiger partial charge is 0.313 e. The summed E-state index contributed by atoms with van der Waals surface area (Å²) in [5.41, 5.74) is 1.50. The summed E-state index contributed by atoms with van der Waals surface area (Å²) in [6, 6.07) is 12.0. The monoisotopic (exact) mass is 328 g/mol. The van der Waals surface area contributed by atoms with E-state index in [4.69, 9.17) is 0 Å². The highest BCUT2D eigenvalue weighted by Crippen LogP contribution is 2.23. The van der Waals surface area contributed by atoms with Gasteiger partial charge in [0.25, 0.3) is 11.8 Å². The molecule has 1 aliphatic rings. The maximum Gasteiger partial charge on any atom is 0.261 e. The summed E-state index contributed by atoms with van der Waals surface area (Å²) >= 11 is 0. The Morgan fingerprint density at radius 1 is 1.04 bits per heavy atom. The van der Waals surface area contributed by atoms with Crippen molar-refractivity contribution >= 4 is 11.8 Å². The Bertz CT molecular complexity index is 741. The topological polar surface area (TPSA) is 60.9 Å². The van der Waals surface area contributed by atoms with Gasteiger partial charge in [0.15, 0.2) is 0 Å². The van der Waals surface area contributed by atoms with E-state index >= 15 is 0 Å². The molecule has 0 saturated carbocycles. The number of fused-ring (bicyclic) bond motifs is 1. The number of amides is 2. The molecule has 24 heavy (non-hydrogen) atoms. The predicted molar refractivity (Wildman–Crippen MR) is 85.0 cm³/mol.